The van der Waals surface area contributed by atoms with Gasteiger partial charge in [0.15, 0.2) is 0 Å². The summed E-state index contributed by atoms with van der Waals surface area (Å²) in [5.41, 5.74) is 0.0335. The van der Waals surface area contributed by atoms with Gasteiger partial charge < -0.3 is 28.3 Å². The fraction of sp³-hybridized carbons (Fsp3) is 0.667. The standard InChI is InChI=1S/C18H21NO9.C4H8INOS.C2H6/c1-3-24-17(23)15(26-10-20)12-8-14-18(27-6-7-28-18)4-5-19(14)16(22)13(12)9-25-11(2)21;5-7-8-6-3-1-2-4-6;1-2/h8,10,15H,3-7,9H2,1-2H3;1-4H2;1-2H3. The minimum atomic E-state index is -1.49. The molecule has 0 radical (unpaired) electrons. The molecule has 1 aromatic rings. The minimum absolute atomic E-state index is 0.0221. The highest BCUT2D eigenvalue weighted by Gasteiger charge is 2.46. The van der Waals surface area contributed by atoms with E-state index < -0.39 is 29.4 Å². The smallest absolute Gasteiger partial charge is 0.352 e. The Morgan fingerprint density at radius 3 is 2.39 bits per heavy atom. The van der Waals surface area contributed by atoms with Crippen LogP contribution in [0.15, 0.2) is 10.9 Å². The summed E-state index contributed by atoms with van der Waals surface area (Å²) in [7, 11) is 0. The molecule has 3 aliphatic heterocycles. The van der Waals surface area contributed by atoms with E-state index in [0.717, 1.165) is 0 Å². The Bertz CT molecular complexity index is 993. The van der Waals surface area contributed by atoms with E-state index in [2.05, 4.69) is 4.31 Å². The average Bonchev–Trinajstić information content (AvgIpc) is 3.67. The first-order chi connectivity index (χ1) is 18.4. The zero-order valence-corrected chi connectivity index (χ0v) is 25.0. The van der Waals surface area contributed by atoms with Crippen molar-refractivity contribution in [1.29, 1.82) is 0 Å². The van der Waals surface area contributed by atoms with Crippen LogP contribution in [-0.4, -0.2) is 60.2 Å². The molecule has 38 heavy (non-hydrogen) atoms. The van der Waals surface area contributed by atoms with Crippen molar-refractivity contribution >= 4 is 53.6 Å². The third-order valence-corrected chi connectivity index (χ3v) is 6.95. The van der Waals surface area contributed by atoms with Gasteiger partial charge in [-0.1, -0.05) is 13.8 Å². The van der Waals surface area contributed by atoms with Crippen molar-refractivity contribution in [3.63, 3.8) is 0 Å². The molecule has 1 aromatic heterocycles. The monoisotopic (exact) mass is 670 g/mol. The third kappa shape index (κ3) is 8.14. The predicted molar refractivity (Wildman–Crippen MR) is 146 cm³/mol. The lowest BCUT2D eigenvalue weighted by Crippen LogP contribution is -2.33. The van der Waals surface area contributed by atoms with Gasteiger partial charge >= 0.3 is 11.9 Å². The van der Waals surface area contributed by atoms with Crippen LogP contribution in [-0.2, 0) is 59.5 Å². The van der Waals surface area contributed by atoms with Crippen LogP contribution in [0.2, 0.25) is 0 Å². The molecule has 0 amide bonds. The van der Waals surface area contributed by atoms with Crippen LogP contribution in [0.1, 0.15) is 69.9 Å². The van der Waals surface area contributed by atoms with Crippen molar-refractivity contribution in [2.45, 2.75) is 72.0 Å². The fourth-order valence-electron chi connectivity index (χ4n) is 4.26. The summed E-state index contributed by atoms with van der Waals surface area (Å²) in [4.78, 5) is 47.7. The number of aromatic nitrogens is 1. The number of halogens is 1. The van der Waals surface area contributed by atoms with Gasteiger partial charge in [-0.05, 0) is 25.8 Å². The predicted octanol–water partition coefficient (Wildman–Crippen LogP) is 3.33. The van der Waals surface area contributed by atoms with Crippen molar-refractivity contribution in [1.82, 2.24) is 8.87 Å². The molecule has 4 heterocycles. The first-order valence-corrected chi connectivity index (χ1v) is 14.1. The van der Waals surface area contributed by atoms with E-state index in [0.29, 0.717) is 31.9 Å². The Morgan fingerprint density at radius 1 is 1.18 bits per heavy atom. The van der Waals surface area contributed by atoms with E-state index >= 15 is 0 Å². The first kappa shape index (κ1) is 32.5. The van der Waals surface area contributed by atoms with Crippen LogP contribution in [0.3, 0.4) is 0 Å². The normalized spacial score (nSPS) is 17.9. The summed E-state index contributed by atoms with van der Waals surface area (Å²) in [6.07, 6.45) is 1.58. The summed E-state index contributed by atoms with van der Waals surface area (Å²) < 4.78 is 34.9. The number of carbonyl (C=O) groups is 3. The van der Waals surface area contributed by atoms with Gasteiger partial charge in [0.05, 0.1) is 43.3 Å². The SMILES string of the molecule is CC.CCOC(=O)C(OC=O)c1cc2n(c(=O)c1COC(C)=O)CCC21OCCO1.IOSN1CCCC1. The van der Waals surface area contributed by atoms with E-state index in [4.69, 9.17) is 26.2 Å². The van der Waals surface area contributed by atoms with Crippen LogP contribution >= 0.6 is 35.2 Å². The van der Waals surface area contributed by atoms with Crippen molar-refractivity contribution in [2.24, 2.45) is 0 Å². The lowest BCUT2D eigenvalue weighted by atomic mass is 10.0. The van der Waals surface area contributed by atoms with Crippen LogP contribution in [0.5, 0.6) is 0 Å². The highest BCUT2D eigenvalue weighted by atomic mass is 127. The van der Waals surface area contributed by atoms with E-state index in [1.54, 1.807) is 6.92 Å². The molecule has 214 valence electrons. The van der Waals surface area contributed by atoms with Gasteiger partial charge in [-0.25, -0.2) is 11.6 Å². The maximum absolute atomic E-state index is 13.1. The fourth-order valence-corrected chi connectivity index (χ4v) is 5.43. The molecule has 2 fully saturated rings. The molecule has 1 spiro atoms. The molecule has 2 saturated heterocycles. The largest absolute Gasteiger partial charge is 0.463 e. The molecule has 0 N–H and O–H groups in total. The summed E-state index contributed by atoms with van der Waals surface area (Å²) >= 11 is 3.36. The summed E-state index contributed by atoms with van der Waals surface area (Å²) in [5.74, 6) is -2.53. The van der Waals surface area contributed by atoms with Crippen LogP contribution in [0, 0.1) is 0 Å². The van der Waals surface area contributed by atoms with Gasteiger partial charge in [0.2, 0.25) is 11.9 Å². The third-order valence-electron chi connectivity index (χ3n) is 5.84. The number of carbonyl (C=O) groups excluding carboxylic acids is 3. The number of hydrogen-bond acceptors (Lipinski definition) is 12. The molecular weight excluding hydrogens is 635 g/mol. The maximum atomic E-state index is 13.1. The summed E-state index contributed by atoms with van der Waals surface area (Å²) in [6.45, 7) is 10.0. The zero-order valence-electron chi connectivity index (χ0n) is 22.1. The molecule has 0 aromatic carbocycles. The second-order valence-electron chi connectivity index (χ2n) is 8.04. The van der Waals surface area contributed by atoms with Gasteiger partial charge in [0.1, 0.15) is 29.6 Å². The van der Waals surface area contributed by atoms with Crippen LogP contribution in [0.25, 0.3) is 0 Å². The molecule has 1 unspecified atom stereocenters. The first-order valence-electron chi connectivity index (χ1n) is 12.5. The summed E-state index contributed by atoms with van der Waals surface area (Å²) in [6, 6.07) is 1.52. The summed E-state index contributed by atoms with van der Waals surface area (Å²) in [5, 5.41) is 0. The molecule has 1 atom stereocenters. The quantitative estimate of drug-likeness (QED) is 0.0954. The Morgan fingerprint density at radius 2 is 1.84 bits per heavy atom. The Balaban J connectivity index is 0.000000428. The zero-order chi connectivity index (χ0) is 28.1. The van der Waals surface area contributed by atoms with Gasteiger partial charge in [-0.3, -0.25) is 14.4 Å². The van der Waals surface area contributed by atoms with Crippen molar-refractivity contribution in [3.8, 4) is 0 Å². The van der Waals surface area contributed by atoms with E-state index in [1.165, 1.54) is 55.7 Å². The maximum Gasteiger partial charge on any atom is 0.352 e. The molecule has 3 aliphatic rings. The Hall–Kier alpha value is -1.72. The van der Waals surface area contributed by atoms with E-state index in [1.807, 2.05) is 36.9 Å². The highest BCUT2D eigenvalue weighted by molar-refractivity contribution is 14.1. The second-order valence-corrected chi connectivity index (χ2v) is 9.91. The Labute approximate surface area is 240 Å². The van der Waals surface area contributed by atoms with Crippen LogP contribution in [0.4, 0.5) is 0 Å². The molecule has 4 rings (SSSR count). The Kier molecular flexibility index (Phi) is 14.0. The number of rotatable bonds is 9. The number of nitrogens with zero attached hydrogens (tertiary/aromatic N) is 2. The number of fused-ring (bicyclic) bond motifs is 2. The van der Waals surface area contributed by atoms with Gasteiger partial charge in [0.25, 0.3) is 12.0 Å². The van der Waals surface area contributed by atoms with Gasteiger partial charge in [-0.2, -0.15) is 0 Å². The van der Waals surface area contributed by atoms with Crippen LogP contribution < -0.4 is 5.56 Å². The molecule has 12 nitrogen and oxygen atoms in total. The minimum Gasteiger partial charge on any atom is -0.463 e. The molecular formula is C24H35IN2O10S. The average molecular weight is 671 g/mol. The molecule has 0 saturated carbocycles. The van der Waals surface area contributed by atoms with E-state index in [9.17, 15) is 19.2 Å². The van der Waals surface area contributed by atoms with Crippen molar-refractivity contribution in [2.75, 3.05) is 32.9 Å². The van der Waals surface area contributed by atoms with Gasteiger partial charge in [-0.15, -0.1) is 0 Å². The molecule has 0 aliphatic carbocycles. The van der Waals surface area contributed by atoms with Crippen molar-refractivity contribution < 1.29 is 40.6 Å². The molecule has 14 heteroatoms. The van der Waals surface area contributed by atoms with Gasteiger partial charge in [0, 0.05) is 38.5 Å². The highest BCUT2D eigenvalue weighted by Crippen LogP contribution is 2.41. The number of esters is 2. The van der Waals surface area contributed by atoms with E-state index in [-0.39, 0.29) is 30.8 Å². The lowest BCUT2D eigenvalue weighted by Gasteiger charge is -2.24. The second kappa shape index (κ2) is 16.4. The topological polar surface area (TPSA) is 132 Å². The number of ether oxygens (including phenoxy) is 5. The lowest BCUT2D eigenvalue weighted by molar-refractivity contribution is -0.164. The molecule has 0 bridgehead atoms. The number of pyridine rings is 1. The van der Waals surface area contributed by atoms with Crippen molar-refractivity contribution in [3.05, 3.63) is 33.2 Å². The number of hydrogen-bond donors (Lipinski definition) is 0.